The molecule has 2 aromatic rings. The van der Waals surface area contributed by atoms with Crippen molar-refractivity contribution in [1.82, 2.24) is 15.1 Å². The first-order chi connectivity index (χ1) is 10.6. The number of nitrogens with one attached hydrogen (secondary N) is 1. The normalized spacial score (nSPS) is 14.5. The number of ether oxygens (including phenoxy) is 1. The summed E-state index contributed by atoms with van der Waals surface area (Å²) in [5.41, 5.74) is 1.41. The number of nitrogens with zero attached hydrogens (tertiary/aromatic N) is 2. The summed E-state index contributed by atoms with van der Waals surface area (Å²) in [6.45, 7) is 2.82. The predicted octanol–water partition coefficient (Wildman–Crippen LogP) is 2.52. The van der Waals surface area contributed by atoms with Gasteiger partial charge in [-0.3, -0.25) is 9.48 Å². The summed E-state index contributed by atoms with van der Waals surface area (Å²) in [5, 5.41) is 7.70. The van der Waals surface area contributed by atoms with Crippen LogP contribution in [-0.4, -0.2) is 28.3 Å². The standard InChI is InChI=1S/C16H16ClN3O2/c1-11(9-20-6-2-5-18-20)19-16(21)13-7-12-8-14(17)3-4-15(12)22-10-13/h2-8,11H,9-10H2,1H3,(H,19,21)/t11-/m0/s1. The summed E-state index contributed by atoms with van der Waals surface area (Å²) >= 11 is 5.97. The van der Waals surface area contributed by atoms with Crippen molar-refractivity contribution in [1.29, 1.82) is 0 Å². The van der Waals surface area contributed by atoms with Crippen LogP contribution in [0.25, 0.3) is 6.08 Å². The monoisotopic (exact) mass is 317 g/mol. The Balaban J connectivity index is 1.67. The van der Waals surface area contributed by atoms with E-state index in [0.717, 1.165) is 11.3 Å². The Morgan fingerprint density at radius 2 is 2.41 bits per heavy atom. The molecule has 5 nitrogen and oxygen atoms in total. The van der Waals surface area contributed by atoms with Crippen molar-refractivity contribution in [2.75, 3.05) is 6.61 Å². The number of amides is 1. The lowest BCUT2D eigenvalue weighted by Gasteiger charge is -2.20. The van der Waals surface area contributed by atoms with Crippen molar-refractivity contribution in [2.24, 2.45) is 0 Å². The van der Waals surface area contributed by atoms with E-state index in [2.05, 4.69) is 10.4 Å². The molecule has 1 N–H and O–H groups in total. The Morgan fingerprint density at radius 1 is 1.55 bits per heavy atom. The molecule has 6 heteroatoms. The molecule has 0 spiro atoms. The zero-order valence-corrected chi connectivity index (χ0v) is 12.9. The summed E-state index contributed by atoms with van der Waals surface area (Å²) in [6, 6.07) is 7.19. The Bertz CT molecular complexity index is 710. The topological polar surface area (TPSA) is 56.2 Å². The molecule has 1 amide bonds. The van der Waals surface area contributed by atoms with Crippen LogP contribution in [0.2, 0.25) is 5.02 Å². The SMILES string of the molecule is C[C@@H](Cn1cccn1)NC(=O)C1=Cc2cc(Cl)ccc2OC1. The van der Waals surface area contributed by atoms with Gasteiger partial charge in [-0.2, -0.15) is 5.10 Å². The van der Waals surface area contributed by atoms with Crippen molar-refractivity contribution in [3.63, 3.8) is 0 Å². The van der Waals surface area contributed by atoms with Crippen LogP contribution in [0, 0.1) is 0 Å². The minimum absolute atomic E-state index is 0.0333. The van der Waals surface area contributed by atoms with E-state index in [-0.39, 0.29) is 18.6 Å². The predicted molar refractivity (Wildman–Crippen MR) is 84.8 cm³/mol. The molecule has 1 aliphatic rings. The molecule has 1 aromatic heterocycles. The van der Waals surface area contributed by atoms with Gasteiger partial charge in [0, 0.05) is 29.0 Å². The van der Waals surface area contributed by atoms with Crippen molar-refractivity contribution in [3.05, 3.63) is 52.8 Å². The average Bonchev–Trinajstić information content (AvgIpc) is 2.99. The van der Waals surface area contributed by atoms with Crippen LogP contribution in [0.15, 0.2) is 42.2 Å². The molecule has 1 atom stereocenters. The van der Waals surface area contributed by atoms with Gasteiger partial charge in [0.15, 0.2) is 0 Å². The summed E-state index contributed by atoms with van der Waals surface area (Å²) in [7, 11) is 0. The second-order valence-corrected chi connectivity index (χ2v) is 5.68. The lowest BCUT2D eigenvalue weighted by Crippen LogP contribution is -2.38. The quantitative estimate of drug-likeness (QED) is 0.942. The van der Waals surface area contributed by atoms with E-state index >= 15 is 0 Å². The summed E-state index contributed by atoms with van der Waals surface area (Å²) in [4.78, 5) is 12.3. The molecule has 1 aromatic carbocycles. The number of rotatable bonds is 4. The van der Waals surface area contributed by atoms with E-state index in [1.165, 1.54) is 0 Å². The third-order valence-corrected chi connectivity index (χ3v) is 3.61. The molecule has 22 heavy (non-hydrogen) atoms. The van der Waals surface area contributed by atoms with E-state index < -0.39 is 0 Å². The summed E-state index contributed by atoms with van der Waals surface area (Å²) < 4.78 is 7.38. The Labute approximate surface area is 133 Å². The Kier molecular flexibility index (Phi) is 4.15. The molecule has 0 saturated heterocycles. The van der Waals surface area contributed by atoms with Gasteiger partial charge in [0.1, 0.15) is 12.4 Å². The Morgan fingerprint density at radius 3 is 3.18 bits per heavy atom. The number of carbonyl (C=O) groups is 1. The van der Waals surface area contributed by atoms with Gasteiger partial charge in [0.05, 0.1) is 12.1 Å². The van der Waals surface area contributed by atoms with Crippen LogP contribution in [0.5, 0.6) is 5.75 Å². The zero-order chi connectivity index (χ0) is 15.5. The van der Waals surface area contributed by atoms with E-state index in [0.29, 0.717) is 17.1 Å². The van der Waals surface area contributed by atoms with Crippen LogP contribution in [0.4, 0.5) is 0 Å². The molecule has 3 rings (SSSR count). The van der Waals surface area contributed by atoms with E-state index in [1.54, 1.807) is 23.0 Å². The van der Waals surface area contributed by atoms with Gasteiger partial charge in [-0.1, -0.05) is 11.6 Å². The first-order valence-corrected chi connectivity index (χ1v) is 7.41. The minimum atomic E-state index is -0.134. The Hall–Kier alpha value is -2.27. The molecule has 0 fully saturated rings. The number of fused-ring (bicyclic) bond motifs is 1. The van der Waals surface area contributed by atoms with Crippen LogP contribution in [0.3, 0.4) is 0 Å². The molecule has 0 saturated carbocycles. The first kappa shape index (κ1) is 14.7. The molecule has 1 aliphatic heterocycles. The zero-order valence-electron chi connectivity index (χ0n) is 12.1. The molecule has 0 aliphatic carbocycles. The van der Waals surface area contributed by atoms with E-state index in [1.807, 2.05) is 31.3 Å². The van der Waals surface area contributed by atoms with Gasteiger partial charge in [0.25, 0.3) is 5.91 Å². The van der Waals surface area contributed by atoms with E-state index in [9.17, 15) is 4.79 Å². The number of halogens is 1. The maximum Gasteiger partial charge on any atom is 0.250 e. The van der Waals surface area contributed by atoms with E-state index in [4.69, 9.17) is 16.3 Å². The number of hydrogen-bond donors (Lipinski definition) is 1. The van der Waals surface area contributed by atoms with Crippen molar-refractivity contribution < 1.29 is 9.53 Å². The maximum atomic E-state index is 12.3. The molecule has 114 valence electrons. The molecular weight excluding hydrogens is 302 g/mol. The fourth-order valence-electron chi connectivity index (χ4n) is 2.33. The van der Waals surface area contributed by atoms with Crippen LogP contribution in [0.1, 0.15) is 12.5 Å². The lowest BCUT2D eigenvalue weighted by atomic mass is 10.1. The molecule has 0 radical (unpaired) electrons. The number of carbonyl (C=O) groups excluding carboxylic acids is 1. The maximum absolute atomic E-state index is 12.3. The van der Waals surface area contributed by atoms with Crippen LogP contribution in [-0.2, 0) is 11.3 Å². The number of aromatic nitrogens is 2. The second-order valence-electron chi connectivity index (χ2n) is 5.24. The highest BCUT2D eigenvalue weighted by molar-refractivity contribution is 6.30. The van der Waals surface area contributed by atoms with Gasteiger partial charge in [-0.15, -0.1) is 0 Å². The lowest BCUT2D eigenvalue weighted by molar-refractivity contribution is -0.118. The molecule has 2 heterocycles. The highest BCUT2D eigenvalue weighted by Gasteiger charge is 2.19. The molecule has 0 unspecified atom stereocenters. The number of hydrogen-bond acceptors (Lipinski definition) is 3. The summed E-state index contributed by atoms with van der Waals surface area (Å²) in [5.74, 6) is 0.607. The highest BCUT2D eigenvalue weighted by Crippen LogP contribution is 2.28. The second kappa shape index (κ2) is 6.23. The van der Waals surface area contributed by atoms with Crippen LogP contribution >= 0.6 is 11.6 Å². The van der Waals surface area contributed by atoms with Gasteiger partial charge in [-0.25, -0.2) is 0 Å². The minimum Gasteiger partial charge on any atom is -0.488 e. The third kappa shape index (κ3) is 3.31. The smallest absolute Gasteiger partial charge is 0.250 e. The van der Waals surface area contributed by atoms with Gasteiger partial charge < -0.3 is 10.1 Å². The highest BCUT2D eigenvalue weighted by atomic mass is 35.5. The van der Waals surface area contributed by atoms with Crippen molar-refractivity contribution in [3.8, 4) is 5.75 Å². The van der Waals surface area contributed by atoms with Gasteiger partial charge >= 0.3 is 0 Å². The number of benzene rings is 1. The van der Waals surface area contributed by atoms with Gasteiger partial charge in [-0.05, 0) is 37.3 Å². The first-order valence-electron chi connectivity index (χ1n) is 7.03. The molecule has 0 bridgehead atoms. The molecular formula is C16H16ClN3O2. The fourth-order valence-corrected chi connectivity index (χ4v) is 2.51. The van der Waals surface area contributed by atoms with Crippen LogP contribution < -0.4 is 10.1 Å². The summed E-state index contributed by atoms with van der Waals surface area (Å²) in [6.07, 6.45) is 5.40. The largest absolute Gasteiger partial charge is 0.488 e. The van der Waals surface area contributed by atoms with Crippen molar-refractivity contribution >= 4 is 23.6 Å². The average molecular weight is 318 g/mol. The van der Waals surface area contributed by atoms with Crippen molar-refractivity contribution in [2.45, 2.75) is 19.5 Å². The fraction of sp³-hybridized carbons (Fsp3) is 0.250. The third-order valence-electron chi connectivity index (χ3n) is 3.37. The van der Waals surface area contributed by atoms with Gasteiger partial charge in [0.2, 0.25) is 0 Å².